The molecule has 2 N–H and O–H groups in total. The number of fused-ring (bicyclic) bond motifs is 1. The standard InChI is InChI=1S/C21H23Cl2N3O2/c1-21(2,16-7-8-17(22)18(23)11-16)25-19(27)12-24-20(28)26-10-9-14-5-3-4-6-15(14)13-26/h3-8,11H,9-10,12-13H2,1-2H3,(H,24,28)(H,25,27). The molecule has 2 aromatic carbocycles. The average molecular weight is 420 g/mol. The molecule has 0 saturated heterocycles. The second-order valence-corrected chi connectivity index (χ2v) is 8.22. The molecule has 1 aliphatic heterocycles. The van der Waals surface area contributed by atoms with Crippen molar-refractivity contribution in [3.8, 4) is 0 Å². The van der Waals surface area contributed by atoms with Crippen molar-refractivity contribution in [2.24, 2.45) is 0 Å². The Morgan fingerprint density at radius 1 is 1.07 bits per heavy atom. The van der Waals surface area contributed by atoms with Crippen LogP contribution in [0.3, 0.4) is 0 Å². The highest BCUT2D eigenvalue weighted by Gasteiger charge is 2.25. The van der Waals surface area contributed by atoms with Crippen LogP contribution >= 0.6 is 23.2 Å². The fourth-order valence-electron chi connectivity index (χ4n) is 3.29. The van der Waals surface area contributed by atoms with Gasteiger partial charge >= 0.3 is 6.03 Å². The Labute approximate surface area is 175 Å². The highest BCUT2D eigenvalue weighted by atomic mass is 35.5. The molecule has 3 rings (SSSR count). The molecule has 0 aromatic heterocycles. The van der Waals surface area contributed by atoms with Crippen molar-refractivity contribution in [3.05, 3.63) is 69.2 Å². The van der Waals surface area contributed by atoms with Gasteiger partial charge in [-0.1, -0.05) is 53.5 Å². The fraction of sp³-hybridized carbons (Fsp3) is 0.333. The zero-order valence-corrected chi connectivity index (χ0v) is 17.4. The van der Waals surface area contributed by atoms with Crippen LogP contribution in [0.5, 0.6) is 0 Å². The molecular formula is C21H23Cl2N3O2. The van der Waals surface area contributed by atoms with Crippen LogP contribution in [0.2, 0.25) is 10.0 Å². The molecule has 7 heteroatoms. The molecule has 148 valence electrons. The van der Waals surface area contributed by atoms with Crippen LogP contribution in [0.4, 0.5) is 4.79 Å². The van der Waals surface area contributed by atoms with Gasteiger partial charge in [-0.15, -0.1) is 0 Å². The first-order valence-electron chi connectivity index (χ1n) is 9.12. The molecule has 0 spiro atoms. The summed E-state index contributed by atoms with van der Waals surface area (Å²) in [6.45, 7) is 4.83. The largest absolute Gasteiger partial charge is 0.346 e. The minimum atomic E-state index is -0.653. The minimum absolute atomic E-state index is 0.0955. The lowest BCUT2D eigenvalue weighted by atomic mass is 9.94. The van der Waals surface area contributed by atoms with Gasteiger partial charge in [-0.3, -0.25) is 4.79 Å². The lowest BCUT2D eigenvalue weighted by Gasteiger charge is -2.30. The van der Waals surface area contributed by atoms with Crippen molar-refractivity contribution in [1.82, 2.24) is 15.5 Å². The van der Waals surface area contributed by atoms with Gasteiger partial charge in [0.2, 0.25) is 5.91 Å². The second kappa shape index (κ2) is 8.41. The van der Waals surface area contributed by atoms with E-state index in [2.05, 4.69) is 16.7 Å². The van der Waals surface area contributed by atoms with E-state index in [0.29, 0.717) is 23.1 Å². The first-order chi connectivity index (χ1) is 13.3. The number of carbonyl (C=O) groups is 2. The maximum atomic E-state index is 12.4. The Morgan fingerprint density at radius 3 is 2.50 bits per heavy atom. The number of hydrogen-bond acceptors (Lipinski definition) is 2. The molecule has 1 heterocycles. The number of benzene rings is 2. The van der Waals surface area contributed by atoms with Gasteiger partial charge in [-0.25, -0.2) is 4.79 Å². The molecule has 0 unspecified atom stereocenters. The smallest absolute Gasteiger partial charge is 0.318 e. The van der Waals surface area contributed by atoms with Crippen molar-refractivity contribution in [2.75, 3.05) is 13.1 Å². The van der Waals surface area contributed by atoms with E-state index in [1.54, 1.807) is 17.0 Å². The first-order valence-corrected chi connectivity index (χ1v) is 9.88. The van der Waals surface area contributed by atoms with Crippen LogP contribution in [0.15, 0.2) is 42.5 Å². The molecule has 0 aliphatic carbocycles. The van der Waals surface area contributed by atoms with E-state index in [1.807, 2.05) is 38.1 Å². The molecule has 28 heavy (non-hydrogen) atoms. The van der Waals surface area contributed by atoms with Crippen LogP contribution in [-0.4, -0.2) is 29.9 Å². The molecule has 2 aromatic rings. The van der Waals surface area contributed by atoms with Crippen molar-refractivity contribution in [1.29, 1.82) is 0 Å². The van der Waals surface area contributed by atoms with Gasteiger partial charge in [0.1, 0.15) is 0 Å². The third kappa shape index (κ3) is 4.78. The number of rotatable bonds is 4. The molecule has 1 aliphatic rings. The second-order valence-electron chi connectivity index (χ2n) is 7.40. The van der Waals surface area contributed by atoms with E-state index in [9.17, 15) is 9.59 Å². The zero-order valence-electron chi connectivity index (χ0n) is 15.9. The summed E-state index contributed by atoms with van der Waals surface area (Å²) in [5.41, 5.74) is 2.59. The topological polar surface area (TPSA) is 61.4 Å². The number of urea groups is 1. The summed E-state index contributed by atoms with van der Waals surface area (Å²) in [6, 6.07) is 13.1. The normalized spacial score (nSPS) is 13.6. The molecule has 0 saturated carbocycles. The van der Waals surface area contributed by atoms with Crippen LogP contribution in [0, 0.1) is 0 Å². The van der Waals surface area contributed by atoms with E-state index in [1.165, 1.54) is 5.56 Å². The molecule has 5 nitrogen and oxygen atoms in total. The van der Waals surface area contributed by atoms with Gasteiger partial charge in [-0.2, -0.15) is 0 Å². The van der Waals surface area contributed by atoms with Gasteiger partial charge in [0, 0.05) is 13.1 Å². The summed E-state index contributed by atoms with van der Waals surface area (Å²) in [5, 5.41) is 6.52. The van der Waals surface area contributed by atoms with E-state index in [0.717, 1.165) is 17.5 Å². The quantitative estimate of drug-likeness (QED) is 0.782. The molecule has 0 atom stereocenters. The monoisotopic (exact) mass is 419 g/mol. The maximum Gasteiger partial charge on any atom is 0.318 e. The molecule has 3 amide bonds. The molecule has 0 bridgehead atoms. The average Bonchev–Trinajstić information content (AvgIpc) is 2.67. The van der Waals surface area contributed by atoms with Crippen molar-refractivity contribution in [3.63, 3.8) is 0 Å². The SMILES string of the molecule is CC(C)(NC(=O)CNC(=O)N1CCc2ccccc2C1)c1ccc(Cl)c(Cl)c1. The highest BCUT2D eigenvalue weighted by Crippen LogP contribution is 2.28. The van der Waals surface area contributed by atoms with Crippen molar-refractivity contribution >= 4 is 35.1 Å². The molecule has 0 radical (unpaired) electrons. The molecular weight excluding hydrogens is 397 g/mol. The van der Waals surface area contributed by atoms with Crippen molar-refractivity contribution < 1.29 is 9.59 Å². The molecule has 0 fully saturated rings. The van der Waals surface area contributed by atoms with E-state index >= 15 is 0 Å². The Hall–Kier alpha value is -2.24. The lowest BCUT2D eigenvalue weighted by Crippen LogP contribution is -2.49. The third-order valence-corrected chi connectivity index (χ3v) is 5.65. The lowest BCUT2D eigenvalue weighted by molar-refractivity contribution is -0.121. The number of amides is 3. The predicted molar refractivity (Wildman–Crippen MR) is 112 cm³/mol. The maximum absolute atomic E-state index is 12.4. The Morgan fingerprint density at radius 2 is 1.79 bits per heavy atom. The Kier molecular flexibility index (Phi) is 6.16. The fourth-order valence-corrected chi connectivity index (χ4v) is 3.58. The van der Waals surface area contributed by atoms with E-state index < -0.39 is 5.54 Å². The van der Waals surface area contributed by atoms with E-state index in [4.69, 9.17) is 23.2 Å². The van der Waals surface area contributed by atoms with Gasteiger partial charge in [0.25, 0.3) is 0 Å². The summed E-state index contributed by atoms with van der Waals surface area (Å²) in [6.07, 6.45) is 0.820. The summed E-state index contributed by atoms with van der Waals surface area (Å²) in [7, 11) is 0. The van der Waals surface area contributed by atoms with Gasteiger partial charge in [0.15, 0.2) is 0 Å². The Bertz CT molecular complexity index is 899. The van der Waals surface area contributed by atoms with Gasteiger partial charge in [-0.05, 0) is 49.1 Å². The van der Waals surface area contributed by atoms with Gasteiger partial charge < -0.3 is 15.5 Å². The highest BCUT2D eigenvalue weighted by molar-refractivity contribution is 6.42. The van der Waals surface area contributed by atoms with Crippen LogP contribution in [-0.2, 0) is 23.3 Å². The zero-order chi connectivity index (χ0) is 20.3. The summed E-state index contributed by atoms with van der Waals surface area (Å²) >= 11 is 12.0. The van der Waals surface area contributed by atoms with Gasteiger partial charge in [0.05, 0.1) is 22.1 Å². The van der Waals surface area contributed by atoms with Crippen LogP contribution < -0.4 is 10.6 Å². The van der Waals surface area contributed by atoms with Crippen molar-refractivity contribution in [2.45, 2.75) is 32.4 Å². The van der Waals surface area contributed by atoms with E-state index in [-0.39, 0.29) is 18.5 Å². The van der Waals surface area contributed by atoms with Crippen LogP contribution in [0.1, 0.15) is 30.5 Å². The minimum Gasteiger partial charge on any atom is -0.346 e. The number of nitrogens with zero attached hydrogens (tertiary/aromatic N) is 1. The predicted octanol–water partition coefficient (Wildman–Crippen LogP) is 4.11. The number of nitrogens with one attached hydrogen (secondary N) is 2. The summed E-state index contributed by atoms with van der Waals surface area (Å²) < 4.78 is 0. The summed E-state index contributed by atoms with van der Waals surface area (Å²) in [4.78, 5) is 26.5. The Balaban J connectivity index is 1.54. The summed E-state index contributed by atoms with van der Waals surface area (Å²) in [5.74, 6) is -0.276. The number of halogens is 2. The number of hydrogen-bond donors (Lipinski definition) is 2. The van der Waals surface area contributed by atoms with Crippen LogP contribution in [0.25, 0.3) is 0 Å². The third-order valence-electron chi connectivity index (χ3n) is 4.91. The first kappa shape index (κ1) is 20.5. The number of carbonyl (C=O) groups excluding carboxylic acids is 2.